The van der Waals surface area contributed by atoms with E-state index >= 15 is 0 Å². The van der Waals surface area contributed by atoms with Crippen LogP contribution in [0.5, 0.6) is 0 Å². The zero-order valence-electron chi connectivity index (χ0n) is 14.7. The third-order valence-corrected chi connectivity index (χ3v) is 4.72. The quantitative estimate of drug-likeness (QED) is 0.382. The van der Waals surface area contributed by atoms with Gasteiger partial charge in [0.2, 0.25) is 0 Å². The van der Waals surface area contributed by atoms with Gasteiger partial charge in [-0.25, -0.2) is 8.78 Å². The molecule has 134 valence electrons. The van der Waals surface area contributed by atoms with E-state index in [0.717, 1.165) is 30.0 Å². The first-order valence-corrected chi connectivity index (χ1v) is 9.24. The number of halogens is 2. The second-order valence-electron chi connectivity index (χ2n) is 6.56. The van der Waals surface area contributed by atoms with Crippen molar-refractivity contribution in [3.05, 3.63) is 70.3 Å². The van der Waals surface area contributed by atoms with Crippen molar-refractivity contribution in [3.63, 3.8) is 0 Å². The molecule has 2 aromatic carbocycles. The molecule has 0 bridgehead atoms. The normalized spacial score (nSPS) is 13.1. The lowest BCUT2D eigenvalue weighted by Crippen LogP contribution is -1.98. The Morgan fingerprint density at radius 2 is 1.56 bits per heavy atom. The Labute approximate surface area is 163 Å². The summed E-state index contributed by atoms with van der Waals surface area (Å²) in [5.74, 6) is 7.26. The summed E-state index contributed by atoms with van der Waals surface area (Å²) in [6.45, 7) is 0. The third kappa shape index (κ3) is 5.35. The maximum Gasteiger partial charge on any atom is 0.143 e. The fraction of sp³-hybridized carbons (Fsp3) is 0.261. The summed E-state index contributed by atoms with van der Waals surface area (Å²) >= 11 is 4.35. The Bertz CT molecular complexity index is 968. The predicted octanol–water partition coefficient (Wildman–Crippen LogP) is 5.51. The van der Waals surface area contributed by atoms with Gasteiger partial charge in [-0.15, -0.1) is 4.99 Å². The van der Waals surface area contributed by atoms with Crippen molar-refractivity contribution in [1.82, 2.24) is 0 Å². The van der Waals surface area contributed by atoms with Crippen LogP contribution in [-0.2, 0) is 6.42 Å². The van der Waals surface area contributed by atoms with Gasteiger partial charge in [-0.2, -0.15) is 0 Å². The molecule has 1 fully saturated rings. The van der Waals surface area contributed by atoms with Gasteiger partial charge in [0.05, 0.1) is 16.8 Å². The number of thiocarbonyl (C=S) groups is 1. The second-order valence-corrected chi connectivity index (χ2v) is 6.74. The van der Waals surface area contributed by atoms with Crippen LogP contribution in [0, 0.1) is 41.4 Å². The summed E-state index contributed by atoms with van der Waals surface area (Å²) in [6, 6.07) is 12.6. The van der Waals surface area contributed by atoms with Crippen LogP contribution in [0.1, 0.15) is 47.9 Å². The van der Waals surface area contributed by atoms with Crippen LogP contribution in [0.3, 0.4) is 0 Å². The fourth-order valence-corrected chi connectivity index (χ4v) is 3.33. The molecule has 0 radical (unpaired) electrons. The molecule has 0 amide bonds. The van der Waals surface area contributed by atoms with E-state index in [1.54, 1.807) is 0 Å². The fourth-order valence-electron chi connectivity index (χ4n) is 3.29. The third-order valence-electron chi connectivity index (χ3n) is 4.63. The minimum atomic E-state index is -0.779. The molecule has 0 aliphatic heterocycles. The van der Waals surface area contributed by atoms with E-state index in [1.165, 1.54) is 31.2 Å². The van der Waals surface area contributed by atoms with Crippen LogP contribution in [0.4, 0.5) is 8.78 Å². The van der Waals surface area contributed by atoms with E-state index in [-0.39, 0.29) is 11.1 Å². The summed E-state index contributed by atoms with van der Waals surface area (Å²) in [5, 5.41) is 2.02. The van der Waals surface area contributed by atoms with Crippen LogP contribution < -0.4 is 0 Å². The van der Waals surface area contributed by atoms with Gasteiger partial charge < -0.3 is 0 Å². The number of hydrogen-bond acceptors (Lipinski definition) is 2. The van der Waals surface area contributed by atoms with Crippen molar-refractivity contribution in [2.24, 2.45) is 10.9 Å². The molecule has 1 aliphatic carbocycles. The minimum Gasteiger partial charge on any atom is -0.205 e. The number of nitrogens with zero attached hydrogens (tertiary/aromatic N) is 1. The van der Waals surface area contributed by atoms with Crippen molar-refractivity contribution in [1.29, 1.82) is 0 Å². The van der Waals surface area contributed by atoms with E-state index < -0.39 is 11.6 Å². The molecule has 4 heteroatoms. The van der Waals surface area contributed by atoms with E-state index in [2.05, 4.69) is 53.1 Å². The summed E-state index contributed by atoms with van der Waals surface area (Å²) in [7, 11) is 0. The van der Waals surface area contributed by atoms with Crippen molar-refractivity contribution in [2.45, 2.75) is 32.1 Å². The maximum atomic E-state index is 14.0. The SMILES string of the molecule is Fc1cc(C#Cc2ccc(CC3CCCC3)cc2)cc(F)c1C#CN=C=S. The summed E-state index contributed by atoms with van der Waals surface area (Å²) in [4.78, 5) is 3.33. The van der Waals surface area contributed by atoms with Gasteiger partial charge in [0, 0.05) is 11.1 Å². The van der Waals surface area contributed by atoms with E-state index in [1.807, 2.05) is 17.3 Å². The van der Waals surface area contributed by atoms with Gasteiger partial charge in [0.15, 0.2) is 0 Å². The Hall–Kier alpha value is -2.78. The molecule has 0 N–H and O–H groups in total. The highest BCUT2D eigenvalue weighted by Crippen LogP contribution is 2.28. The molecule has 0 spiro atoms. The lowest BCUT2D eigenvalue weighted by Gasteiger charge is -2.08. The molecular weight excluding hydrogens is 360 g/mol. The molecule has 1 nitrogen and oxygen atoms in total. The molecule has 0 aromatic heterocycles. The van der Waals surface area contributed by atoms with Crippen LogP contribution in [0.2, 0.25) is 0 Å². The predicted molar refractivity (Wildman–Crippen MR) is 106 cm³/mol. The smallest absolute Gasteiger partial charge is 0.143 e. The molecule has 1 aliphatic rings. The molecule has 27 heavy (non-hydrogen) atoms. The maximum absolute atomic E-state index is 14.0. The van der Waals surface area contributed by atoms with E-state index in [4.69, 9.17) is 0 Å². The first kappa shape index (κ1) is 19.0. The molecule has 0 saturated heterocycles. The van der Waals surface area contributed by atoms with Crippen LogP contribution in [0.25, 0.3) is 0 Å². The lowest BCUT2D eigenvalue weighted by molar-refractivity contribution is 0.546. The van der Waals surface area contributed by atoms with Crippen LogP contribution in [0.15, 0.2) is 41.4 Å². The summed E-state index contributed by atoms with van der Waals surface area (Å²) in [5.41, 5.74) is 2.02. The topological polar surface area (TPSA) is 12.4 Å². The molecule has 3 rings (SSSR count). The van der Waals surface area contributed by atoms with Crippen molar-refractivity contribution < 1.29 is 8.78 Å². The van der Waals surface area contributed by atoms with Gasteiger partial charge in [-0.05, 0) is 60.3 Å². The molecule has 0 atom stereocenters. The largest absolute Gasteiger partial charge is 0.205 e. The van der Waals surface area contributed by atoms with Gasteiger partial charge in [0.25, 0.3) is 0 Å². The number of benzene rings is 2. The molecule has 1 saturated carbocycles. The Morgan fingerprint density at radius 1 is 0.926 bits per heavy atom. The summed E-state index contributed by atoms with van der Waals surface area (Å²) in [6.07, 6.45) is 6.42. The number of aliphatic imine (C=N–C) groups is 1. The zero-order valence-corrected chi connectivity index (χ0v) is 15.5. The number of isothiocyanates is 1. The lowest BCUT2D eigenvalue weighted by atomic mass is 9.97. The minimum absolute atomic E-state index is 0.254. The van der Waals surface area contributed by atoms with Gasteiger partial charge in [-0.3, -0.25) is 0 Å². The number of hydrogen-bond donors (Lipinski definition) is 0. The Morgan fingerprint density at radius 3 is 2.19 bits per heavy atom. The first-order valence-electron chi connectivity index (χ1n) is 8.83. The van der Waals surface area contributed by atoms with Gasteiger partial charge >= 0.3 is 0 Å². The average Bonchev–Trinajstić information content (AvgIpc) is 3.16. The standard InChI is InChI=1S/C23H17F2NS/c24-22-14-20(15-23(25)21(22)11-12-26-16-27)10-7-17-5-8-19(9-6-17)13-18-3-1-2-4-18/h5-6,8-9,14-15,18H,1-4,13H2. The molecule has 2 aromatic rings. The molecule has 0 heterocycles. The van der Waals surface area contributed by atoms with Gasteiger partial charge in [-0.1, -0.05) is 49.7 Å². The molecular formula is C23H17F2NS. The van der Waals surface area contributed by atoms with Crippen molar-refractivity contribution in [2.75, 3.05) is 0 Å². The Kier molecular flexibility index (Phi) is 6.50. The highest BCUT2D eigenvalue weighted by atomic mass is 32.1. The second kappa shape index (κ2) is 9.24. The van der Waals surface area contributed by atoms with Gasteiger partial charge in [0.1, 0.15) is 11.6 Å². The van der Waals surface area contributed by atoms with E-state index in [0.29, 0.717) is 0 Å². The van der Waals surface area contributed by atoms with Crippen LogP contribution in [-0.4, -0.2) is 5.16 Å². The van der Waals surface area contributed by atoms with Crippen molar-refractivity contribution in [3.8, 4) is 23.8 Å². The average molecular weight is 377 g/mol. The zero-order chi connectivity index (χ0) is 19.1. The van der Waals surface area contributed by atoms with Crippen molar-refractivity contribution >= 4 is 17.4 Å². The first-order chi connectivity index (χ1) is 13.2. The number of rotatable bonds is 2. The highest BCUT2D eigenvalue weighted by molar-refractivity contribution is 7.78. The Balaban J connectivity index is 1.73. The summed E-state index contributed by atoms with van der Waals surface area (Å²) < 4.78 is 28.0. The monoisotopic (exact) mass is 377 g/mol. The molecule has 0 unspecified atom stereocenters. The highest BCUT2D eigenvalue weighted by Gasteiger charge is 2.15. The van der Waals surface area contributed by atoms with E-state index in [9.17, 15) is 8.78 Å². The van der Waals surface area contributed by atoms with Crippen LogP contribution >= 0.6 is 12.2 Å².